The van der Waals surface area contributed by atoms with Crippen molar-refractivity contribution in [1.29, 1.82) is 0 Å². The fourth-order valence-electron chi connectivity index (χ4n) is 3.10. The molecule has 6 heteroatoms. The minimum Gasteiger partial charge on any atom is -0.489 e. The van der Waals surface area contributed by atoms with E-state index in [1.165, 1.54) is 5.56 Å². The van der Waals surface area contributed by atoms with Gasteiger partial charge in [0.25, 0.3) is 0 Å². The summed E-state index contributed by atoms with van der Waals surface area (Å²) in [5.41, 5.74) is 3.95. The first-order chi connectivity index (χ1) is 13.8. The molecule has 0 saturated carbocycles. The SMILES string of the molecule is CC1=C(C(=O)OC(C)C)C(c2ccc(OCc3ccc(C)cc3)cc2)NC(=O)N1. The van der Waals surface area contributed by atoms with Gasteiger partial charge in [0.1, 0.15) is 12.4 Å². The van der Waals surface area contributed by atoms with Gasteiger partial charge in [-0.05, 0) is 51.0 Å². The van der Waals surface area contributed by atoms with Crippen molar-refractivity contribution < 1.29 is 19.1 Å². The van der Waals surface area contributed by atoms with Gasteiger partial charge in [-0.15, -0.1) is 0 Å². The molecular formula is C23H26N2O4. The van der Waals surface area contributed by atoms with Crippen LogP contribution in [-0.2, 0) is 16.1 Å². The van der Waals surface area contributed by atoms with Gasteiger partial charge in [-0.25, -0.2) is 9.59 Å². The van der Waals surface area contributed by atoms with Gasteiger partial charge in [-0.1, -0.05) is 42.0 Å². The standard InChI is InChI=1S/C23H26N2O4/c1-14(2)29-22(26)20-16(4)24-23(27)25-21(20)18-9-11-19(12-10-18)28-13-17-7-5-15(3)6-8-17/h5-12,14,21H,13H2,1-4H3,(H2,24,25,27). The van der Waals surface area contributed by atoms with Crippen molar-refractivity contribution in [1.82, 2.24) is 10.6 Å². The van der Waals surface area contributed by atoms with E-state index in [1.54, 1.807) is 20.8 Å². The molecule has 152 valence electrons. The topological polar surface area (TPSA) is 76.7 Å². The van der Waals surface area contributed by atoms with Crippen molar-refractivity contribution in [3.05, 3.63) is 76.5 Å². The lowest BCUT2D eigenvalue weighted by atomic mass is 9.95. The summed E-state index contributed by atoms with van der Waals surface area (Å²) in [6.45, 7) is 7.79. The van der Waals surface area contributed by atoms with E-state index in [0.29, 0.717) is 23.6 Å². The largest absolute Gasteiger partial charge is 0.489 e. The lowest BCUT2D eigenvalue weighted by Gasteiger charge is -2.28. The average Bonchev–Trinajstić information content (AvgIpc) is 2.66. The summed E-state index contributed by atoms with van der Waals surface area (Å²) < 4.78 is 11.2. The average molecular weight is 394 g/mol. The summed E-state index contributed by atoms with van der Waals surface area (Å²) >= 11 is 0. The first-order valence-corrected chi connectivity index (χ1v) is 9.61. The molecule has 29 heavy (non-hydrogen) atoms. The summed E-state index contributed by atoms with van der Waals surface area (Å²) in [6, 6.07) is 14.6. The van der Waals surface area contributed by atoms with E-state index < -0.39 is 12.0 Å². The predicted octanol–water partition coefficient (Wildman–Crippen LogP) is 4.15. The second kappa shape index (κ2) is 8.82. The van der Waals surface area contributed by atoms with E-state index in [1.807, 2.05) is 55.5 Å². The lowest BCUT2D eigenvalue weighted by Crippen LogP contribution is -2.45. The highest BCUT2D eigenvalue weighted by atomic mass is 16.5. The Bertz CT molecular complexity index is 915. The zero-order valence-corrected chi connectivity index (χ0v) is 17.1. The van der Waals surface area contributed by atoms with Crippen LogP contribution in [0.5, 0.6) is 5.75 Å². The van der Waals surface area contributed by atoms with Crippen molar-refractivity contribution in [2.75, 3.05) is 0 Å². The second-order valence-corrected chi connectivity index (χ2v) is 7.37. The second-order valence-electron chi connectivity index (χ2n) is 7.37. The number of urea groups is 1. The van der Waals surface area contributed by atoms with Crippen LogP contribution < -0.4 is 15.4 Å². The summed E-state index contributed by atoms with van der Waals surface area (Å²) in [5.74, 6) is 0.260. The molecule has 1 aliphatic rings. The summed E-state index contributed by atoms with van der Waals surface area (Å²) in [5, 5.41) is 5.44. The Morgan fingerprint density at radius 1 is 1.03 bits per heavy atom. The van der Waals surface area contributed by atoms with Crippen molar-refractivity contribution in [2.24, 2.45) is 0 Å². The number of hydrogen-bond donors (Lipinski definition) is 2. The third-order valence-electron chi connectivity index (χ3n) is 4.57. The van der Waals surface area contributed by atoms with Crippen molar-refractivity contribution in [3.63, 3.8) is 0 Å². The minimum absolute atomic E-state index is 0.251. The number of nitrogens with one attached hydrogen (secondary N) is 2. The molecule has 0 aromatic heterocycles. The number of carbonyl (C=O) groups is 2. The maximum atomic E-state index is 12.6. The van der Waals surface area contributed by atoms with Crippen molar-refractivity contribution in [2.45, 2.75) is 46.4 Å². The quantitative estimate of drug-likeness (QED) is 0.722. The Morgan fingerprint density at radius 3 is 2.31 bits per heavy atom. The maximum absolute atomic E-state index is 12.6. The molecule has 1 aliphatic heterocycles. The summed E-state index contributed by atoms with van der Waals surface area (Å²) in [6.07, 6.45) is -0.251. The van der Waals surface area contributed by atoms with E-state index in [-0.39, 0.29) is 12.1 Å². The number of rotatable bonds is 6. The molecule has 6 nitrogen and oxygen atoms in total. The monoisotopic (exact) mass is 394 g/mol. The predicted molar refractivity (Wildman–Crippen MR) is 110 cm³/mol. The first kappa shape index (κ1) is 20.5. The van der Waals surface area contributed by atoms with Gasteiger partial charge in [-0.3, -0.25) is 0 Å². The zero-order valence-electron chi connectivity index (χ0n) is 17.1. The molecule has 1 atom stereocenters. The molecule has 2 amide bonds. The van der Waals surface area contributed by atoms with E-state index in [2.05, 4.69) is 10.6 Å². The van der Waals surface area contributed by atoms with Gasteiger partial charge in [-0.2, -0.15) is 0 Å². The first-order valence-electron chi connectivity index (χ1n) is 9.61. The van der Waals surface area contributed by atoms with Gasteiger partial charge < -0.3 is 20.1 Å². The number of amides is 2. The number of hydrogen-bond acceptors (Lipinski definition) is 4. The van der Waals surface area contributed by atoms with E-state index >= 15 is 0 Å². The molecule has 0 radical (unpaired) electrons. The fraction of sp³-hybridized carbons (Fsp3) is 0.304. The summed E-state index contributed by atoms with van der Waals surface area (Å²) in [7, 11) is 0. The minimum atomic E-state index is -0.582. The lowest BCUT2D eigenvalue weighted by molar-refractivity contribution is -0.143. The van der Waals surface area contributed by atoms with E-state index in [9.17, 15) is 9.59 Å². The Morgan fingerprint density at radius 2 is 1.69 bits per heavy atom. The summed E-state index contributed by atoms with van der Waals surface area (Å²) in [4.78, 5) is 24.5. The molecule has 1 unspecified atom stereocenters. The molecule has 0 fully saturated rings. The van der Waals surface area contributed by atoms with Crippen LogP contribution in [0.25, 0.3) is 0 Å². The molecule has 3 rings (SSSR count). The van der Waals surface area contributed by atoms with E-state index in [0.717, 1.165) is 11.1 Å². The van der Waals surface area contributed by atoms with Gasteiger partial charge in [0.15, 0.2) is 0 Å². The molecular weight excluding hydrogens is 368 g/mol. The molecule has 0 spiro atoms. The van der Waals surface area contributed by atoms with Crippen LogP contribution in [0.1, 0.15) is 43.5 Å². The number of carbonyl (C=O) groups excluding carboxylic acids is 2. The number of ether oxygens (including phenoxy) is 2. The molecule has 0 saturated heterocycles. The molecule has 0 aliphatic carbocycles. The Labute approximate surface area is 170 Å². The van der Waals surface area contributed by atoms with Crippen LogP contribution in [0.4, 0.5) is 4.79 Å². The highest BCUT2D eigenvalue weighted by molar-refractivity contribution is 5.95. The van der Waals surface area contributed by atoms with Crippen LogP contribution >= 0.6 is 0 Å². The van der Waals surface area contributed by atoms with Crippen LogP contribution in [-0.4, -0.2) is 18.1 Å². The van der Waals surface area contributed by atoms with E-state index in [4.69, 9.17) is 9.47 Å². The van der Waals surface area contributed by atoms with Crippen LogP contribution in [0.15, 0.2) is 59.8 Å². The number of allylic oxidation sites excluding steroid dienone is 1. The highest BCUT2D eigenvalue weighted by Gasteiger charge is 2.32. The van der Waals surface area contributed by atoms with Gasteiger partial charge in [0.2, 0.25) is 0 Å². The van der Waals surface area contributed by atoms with Crippen LogP contribution in [0.3, 0.4) is 0 Å². The number of aryl methyl sites for hydroxylation is 1. The highest BCUT2D eigenvalue weighted by Crippen LogP contribution is 2.29. The van der Waals surface area contributed by atoms with Crippen molar-refractivity contribution >= 4 is 12.0 Å². The third kappa shape index (κ3) is 5.16. The van der Waals surface area contributed by atoms with Gasteiger partial charge in [0.05, 0.1) is 17.7 Å². The van der Waals surface area contributed by atoms with Crippen LogP contribution in [0, 0.1) is 6.92 Å². The Hall–Kier alpha value is -3.28. The third-order valence-corrected chi connectivity index (χ3v) is 4.57. The normalized spacial score (nSPS) is 16.3. The zero-order chi connectivity index (χ0) is 21.0. The van der Waals surface area contributed by atoms with Crippen LogP contribution in [0.2, 0.25) is 0 Å². The fourth-order valence-corrected chi connectivity index (χ4v) is 3.10. The Balaban J connectivity index is 1.75. The molecule has 2 N–H and O–H groups in total. The molecule has 2 aromatic rings. The van der Waals surface area contributed by atoms with Gasteiger partial charge in [0, 0.05) is 5.70 Å². The smallest absolute Gasteiger partial charge is 0.338 e. The molecule has 1 heterocycles. The Kier molecular flexibility index (Phi) is 6.22. The maximum Gasteiger partial charge on any atom is 0.338 e. The molecule has 0 bridgehead atoms. The number of benzene rings is 2. The van der Waals surface area contributed by atoms with Crippen molar-refractivity contribution in [3.8, 4) is 5.75 Å². The number of esters is 1. The molecule has 2 aromatic carbocycles. The van der Waals surface area contributed by atoms with Gasteiger partial charge >= 0.3 is 12.0 Å².